The van der Waals surface area contributed by atoms with Crippen LogP contribution in [0.15, 0.2) is 24.3 Å². The molecule has 0 fully saturated rings. The maximum Gasteiger partial charge on any atom is 0.212 e. The minimum absolute atomic E-state index is 0.104. The highest BCUT2D eigenvalue weighted by Crippen LogP contribution is 2.15. The van der Waals surface area contributed by atoms with Crippen molar-refractivity contribution in [1.29, 1.82) is 0 Å². The molecule has 0 aliphatic heterocycles. The van der Waals surface area contributed by atoms with Crippen LogP contribution in [0.2, 0.25) is 0 Å². The van der Waals surface area contributed by atoms with Gasteiger partial charge in [-0.2, -0.15) is 0 Å². The lowest BCUT2D eigenvalue weighted by atomic mass is 10.0. The molecule has 0 spiro atoms. The average molecular weight is 294 g/mol. The van der Waals surface area contributed by atoms with E-state index in [2.05, 4.69) is 16.6 Å². The molecule has 0 aromatic heterocycles. The summed E-state index contributed by atoms with van der Waals surface area (Å²) in [5, 5.41) is 0. The van der Waals surface area contributed by atoms with E-state index in [0.29, 0.717) is 6.54 Å². The molecule has 0 unspecified atom stereocenters. The van der Waals surface area contributed by atoms with Crippen LogP contribution in [0, 0.1) is 17.3 Å². The van der Waals surface area contributed by atoms with Gasteiger partial charge in [-0.3, -0.25) is 0 Å². The van der Waals surface area contributed by atoms with Gasteiger partial charge in [-0.05, 0) is 23.1 Å². The first-order valence-electron chi connectivity index (χ1n) is 6.47. The second-order valence-electron chi connectivity index (χ2n) is 5.85. The van der Waals surface area contributed by atoms with Gasteiger partial charge in [0.1, 0.15) is 0 Å². The molecule has 1 aromatic carbocycles. The second kappa shape index (κ2) is 6.89. The molecule has 4 nitrogen and oxygen atoms in total. The Hall–Kier alpha value is -1.35. The Bertz CT molecular complexity index is 605. The van der Waals surface area contributed by atoms with Crippen molar-refractivity contribution in [1.82, 2.24) is 4.72 Å². The van der Waals surface area contributed by atoms with E-state index in [1.165, 1.54) is 0 Å². The monoisotopic (exact) mass is 294 g/mol. The quantitative estimate of drug-likeness (QED) is 0.826. The van der Waals surface area contributed by atoms with Crippen molar-refractivity contribution >= 4 is 10.0 Å². The van der Waals surface area contributed by atoms with Gasteiger partial charge in [-0.25, -0.2) is 13.1 Å². The largest absolute Gasteiger partial charge is 0.320 e. The maximum absolute atomic E-state index is 11.9. The lowest BCUT2D eigenvalue weighted by Crippen LogP contribution is -2.31. The molecule has 0 amide bonds. The number of rotatable bonds is 4. The summed E-state index contributed by atoms with van der Waals surface area (Å²) < 4.78 is 26.5. The van der Waals surface area contributed by atoms with E-state index in [1.54, 1.807) is 0 Å². The molecular formula is C15H22N2O2S. The molecule has 0 heterocycles. The van der Waals surface area contributed by atoms with E-state index < -0.39 is 10.0 Å². The average Bonchev–Trinajstić information content (AvgIpc) is 2.32. The van der Waals surface area contributed by atoms with Gasteiger partial charge in [0.05, 0.1) is 12.3 Å². The third kappa shape index (κ3) is 6.71. The molecule has 0 aliphatic carbocycles. The van der Waals surface area contributed by atoms with E-state index in [0.717, 1.165) is 11.1 Å². The zero-order valence-corrected chi connectivity index (χ0v) is 13.0. The fourth-order valence-electron chi connectivity index (χ4n) is 1.73. The van der Waals surface area contributed by atoms with Crippen LogP contribution in [-0.2, 0) is 16.6 Å². The minimum atomic E-state index is -3.27. The van der Waals surface area contributed by atoms with Gasteiger partial charge in [0.15, 0.2) is 0 Å². The normalized spacial score (nSPS) is 11.8. The van der Waals surface area contributed by atoms with Gasteiger partial charge >= 0.3 is 0 Å². The van der Waals surface area contributed by atoms with Crippen LogP contribution in [0.25, 0.3) is 0 Å². The molecule has 0 aliphatic rings. The highest BCUT2D eigenvalue weighted by molar-refractivity contribution is 7.89. The summed E-state index contributed by atoms with van der Waals surface area (Å²) in [5.74, 6) is 5.81. The van der Waals surface area contributed by atoms with Crippen LogP contribution >= 0.6 is 0 Å². The first-order valence-corrected chi connectivity index (χ1v) is 8.12. The number of sulfonamides is 1. The Morgan fingerprint density at radius 1 is 1.30 bits per heavy atom. The summed E-state index contributed by atoms with van der Waals surface area (Å²) in [6.45, 7) is 6.28. The first-order chi connectivity index (χ1) is 9.22. The van der Waals surface area contributed by atoms with Gasteiger partial charge in [0.2, 0.25) is 10.0 Å². The molecule has 0 radical (unpaired) electrons. The lowest BCUT2D eigenvalue weighted by Gasteiger charge is -2.18. The summed E-state index contributed by atoms with van der Waals surface area (Å²) in [6.07, 6.45) is 0. The standard InChI is InChI=1S/C15H22N2O2S/c1-15(2,3)12-20(18,19)17-11-14-7-4-6-13(10-14)8-5-9-16/h4,6-7,10,17H,9,11-12,16H2,1-3H3. The van der Waals surface area contributed by atoms with Gasteiger partial charge in [0, 0.05) is 12.1 Å². The summed E-state index contributed by atoms with van der Waals surface area (Å²) in [6, 6.07) is 7.46. The van der Waals surface area contributed by atoms with Crippen molar-refractivity contribution in [2.75, 3.05) is 12.3 Å². The maximum atomic E-state index is 11.9. The van der Waals surface area contributed by atoms with Crippen molar-refractivity contribution in [3.05, 3.63) is 35.4 Å². The smallest absolute Gasteiger partial charge is 0.212 e. The fraction of sp³-hybridized carbons (Fsp3) is 0.467. The molecule has 0 bridgehead atoms. The Morgan fingerprint density at radius 3 is 2.60 bits per heavy atom. The van der Waals surface area contributed by atoms with E-state index in [9.17, 15) is 8.42 Å². The van der Waals surface area contributed by atoms with E-state index in [-0.39, 0.29) is 17.7 Å². The summed E-state index contributed by atoms with van der Waals surface area (Å²) >= 11 is 0. The van der Waals surface area contributed by atoms with Crippen molar-refractivity contribution in [3.63, 3.8) is 0 Å². The van der Waals surface area contributed by atoms with Crippen molar-refractivity contribution < 1.29 is 8.42 Å². The van der Waals surface area contributed by atoms with Crippen LogP contribution in [0.1, 0.15) is 31.9 Å². The first kappa shape index (κ1) is 16.7. The predicted octanol–water partition coefficient (Wildman–Crippen LogP) is 1.46. The van der Waals surface area contributed by atoms with Gasteiger partial charge in [-0.15, -0.1) is 0 Å². The Kier molecular flexibility index (Phi) is 5.75. The third-order valence-electron chi connectivity index (χ3n) is 2.38. The fourth-order valence-corrected chi connectivity index (χ4v) is 3.36. The van der Waals surface area contributed by atoms with Gasteiger partial charge < -0.3 is 5.73 Å². The number of benzene rings is 1. The van der Waals surface area contributed by atoms with Crippen LogP contribution in [0.5, 0.6) is 0 Å². The number of nitrogens with one attached hydrogen (secondary N) is 1. The zero-order valence-electron chi connectivity index (χ0n) is 12.2. The summed E-state index contributed by atoms with van der Waals surface area (Å²) in [4.78, 5) is 0. The molecule has 0 atom stereocenters. The molecular weight excluding hydrogens is 272 g/mol. The highest BCUT2D eigenvalue weighted by atomic mass is 32.2. The number of nitrogens with two attached hydrogens (primary N) is 1. The number of hydrogen-bond acceptors (Lipinski definition) is 3. The molecule has 1 aromatic rings. The van der Waals surface area contributed by atoms with Crippen molar-refractivity contribution in [2.45, 2.75) is 27.3 Å². The van der Waals surface area contributed by atoms with Crippen LogP contribution in [-0.4, -0.2) is 20.7 Å². The predicted molar refractivity (Wildman–Crippen MR) is 82.5 cm³/mol. The Balaban J connectivity index is 2.71. The zero-order chi connectivity index (χ0) is 15.2. The molecule has 110 valence electrons. The molecule has 0 saturated heterocycles. The molecule has 5 heteroatoms. The lowest BCUT2D eigenvalue weighted by molar-refractivity contribution is 0.458. The van der Waals surface area contributed by atoms with E-state index in [4.69, 9.17) is 5.73 Å². The van der Waals surface area contributed by atoms with Gasteiger partial charge in [0.25, 0.3) is 0 Å². The van der Waals surface area contributed by atoms with Crippen molar-refractivity contribution in [2.24, 2.45) is 11.1 Å². The topological polar surface area (TPSA) is 72.2 Å². The third-order valence-corrected chi connectivity index (χ3v) is 4.21. The second-order valence-corrected chi connectivity index (χ2v) is 7.65. The van der Waals surface area contributed by atoms with Crippen LogP contribution < -0.4 is 10.5 Å². The van der Waals surface area contributed by atoms with E-state index >= 15 is 0 Å². The Morgan fingerprint density at radius 2 is 2.00 bits per heavy atom. The number of hydrogen-bond donors (Lipinski definition) is 2. The molecule has 20 heavy (non-hydrogen) atoms. The highest BCUT2D eigenvalue weighted by Gasteiger charge is 2.20. The SMILES string of the molecule is CC(C)(C)CS(=O)(=O)NCc1cccc(C#CCN)c1. The van der Waals surface area contributed by atoms with Crippen molar-refractivity contribution in [3.8, 4) is 11.8 Å². The molecule has 3 N–H and O–H groups in total. The van der Waals surface area contributed by atoms with Crippen LogP contribution in [0.3, 0.4) is 0 Å². The van der Waals surface area contributed by atoms with Crippen LogP contribution in [0.4, 0.5) is 0 Å². The summed E-state index contributed by atoms with van der Waals surface area (Å²) in [7, 11) is -3.27. The molecule has 1 rings (SSSR count). The van der Waals surface area contributed by atoms with Gasteiger partial charge in [-0.1, -0.05) is 44.7 Å². The molecule has 0 saturated carbocycles. The summed E-state index contributed by atoms with van der Waals surface area (Å²) in [5.41, 5.74) is 6.78. The minimum Gasteiger partial charge on any atom is -0.320 e. The Labute approximate surface area is 121 Å². The van der Waals surface area contributed by atoms with E-state index in [1.807, 2.05) is 45.0 Å².